The Morgan fingerprint density at radius 3 is 1.81 bits per heavy atom. The number of hydrogen-bond donors (Lipinski definition) is 0. The Morgan fingerprint density at radius 1 is 0.857 bits per heavy atom. The van der Waals surface area contributed by atoms with Gasteiger partial charge in [0.1, 0.15) is 5.75 Å². The van der Waals surface area contributed by atoms with Crippen molar-refractivity contribution in [3.63, 3.8) is 0 Å². The second kappa shape index (κ2) is 7.65. The molecule has 0 radical (unpaired) electrons. The highest BCUT2D eigenvalue weighted by molar-refractivity contribution is 9.09. The Morgan fingerprint density at radius 2 is 1.33 bits per heavy atom. The summed E-state index contributed by atoms with van der Waals surface area (Å²) in [4.78, 5) is 0.221. The third kappa shape index (κ3) is 4.10. The van der Waals surface area contributed by atoms with Gasteiger partial charge in [0.25, 0.3) is 0 Å². The SMILES string of the molecule is CCOc1ccc(C(Br)c2ccc(C(C)CC)cc2)cc1. The normalized spacial score (nSPS) is 13.7. The monoisotopic (exact) mass is 346 g/mol. The summed E-state index contributed by atoms with van der Waals surface area (Å²) in [7, 11) is 0. The van der Waals surface area contributed by atoms with Gasteiger partial charge in [0.15, 0.2) is 0 Å². The van der Waals surface area contributed by atoms with Gasteiger partial charge in [-0.15, -0.1) is 0 Å². The van der Waals surface area contributed by atoms with Gasteiger partial charge in [-0.3, -0.25) is 0 Å². The molecule has 21 heavy (non-hydrogen) atoms. The molecule has 2 aromatic rings. The maximum absolute atomic E-state index is 5.49. The van der Waals surface area contributed by atoms with E-state index in [4.69, 9.17) is 4.74 Å². The Kier molecular flexibility index (Phi) is 5.86. The van der Waals surface area contributed by atoms with Crippen molar-refractivity contribution in [2.45, 2.75) is 37.9 Å². The molecule has 0 aromatic heterocycles. The van der Waals surface area contributed by atoms with Crippen LogP contribution in [0.1, 0.15) is 54.6 Å². The summed E-state index contributed by atoms with van der Waals surface area (Å²) in [6.07, 6.45) is 1.18. The third-order valence-electron chi connectivity index (χ3n) is 3.89. The van der Waals surface area contributed by atoms with Crippen molar-refractivity contribution in [2.24, 2.45) is 0 Å². The zero-order chi connectivity index (χ0) is 15.2. The van der Waals surface area contributed by atoms with Gasteiger partial charge in [-0.25, -0.2) is 0 Å². The number of alkyl halides is 1. The summed E-state index contributed by atoms with van der Waals surface area (Å²) in [5.41, 5.74) is 3.94. The minimum Gasteiger partial charge on any atom is -0.494 e. The molecule has 0 aliphatic carbocycles. The fourth-order valence-electron chi connectivity index (χ4n) is 2.32. The lowest BCUT2D eigenvalue weighted by atomic mass is 9.96. The second-order valence-corrected chi connectivity index (χ2v) is 6.26. The van der Waals surface area contributed by atoms with E-state index in [0.717, 1.165) is 5.75 Å². The highest BCUT2D eigenvalue weighted by Crippen LogP contribution is 2.32. The van der Waals surface area contributed by atoms with Crippen molar-refractivity contribution in [1.82, 2.24) is 0 Å². The van der Waals surface area contributed by atoms with Crippen LogP contribution in [-0.2, 0) is 0 Å². The van der Waals surface area contributed by atoms with Crippen LogP contribution >= 0.6 is 15.9 Å². The average Bonchev–Trinajstić information content (AvgIpc) is 2.54. The fraction of sp³-hybridized carbons (Fsp3) is 0.368. The molecule has 0 saturated heterocycles. The van der Waals surface area contributed by atoms with Gasteiger partial charge in [0, 0.05) is 0 Å². The van der Waals surface area contributed by atoms with Crippen LogP contribution in [0.5, 0.6) is 5.75 Å². The molecular weight excluding hydrogens is 324 g/mol. The lowest BCUT2D eigenvalue weighted by Gasteiger charge is -2.14. The molecule has 2 aromatic carbocycles. The molecule has 2 atom stereocenters. The first-order valence-corrected chi connectivity index (χ1v) is 8.54. The predicted molar refractivity (Wildman–Crippen MR) is 93.5 cm³/mol. The highest BCUT2D eigenvalue weighted by Gasteiger charge is 2.11. The van der Waals surface area contributed by atoms with Crippen LogP contribution in [-0.4, -0.2) is 6.61 Å². The summed E-state index contributed by atoms with van der Waals surface area (Å²) >= 11 is 3.80. The van der Waals surface area contributed by atoms with Gasteiger partial charge < -0.3 is 4.74 Å². The Labute approximate surface area is 136 Å². The minimum absolute atomic E-state index is 0.221. The number of halogens is 1. The largest absolute Gasteiger partial charge is 0.494 e. The molecule has 2 heteroatoms. The van der Waals surface area contributed by atoms with Gasteiger partial charge in [-0.05, 0) is 48.1 Å². The van der Waals surface area contributed by atoms with Gasteiger partial charge >= 0.3 is 0 Å². The Balaban J connectivity index is 2.13. The van der Waals surface area contributed by atoms with E-state index >= 15 is 0 Å². The molecule has 0 fully saturated rings. The smallest absolute Gasteiger partial charge is 0.119 e. The molecule has 1 nitrogen and oxygen atoms in total. The van der Waals surface area contributed by atoms with Crippen LogP contribution in [0.15, 0.2) is 48.5 Å². The number of benzene rings is 2. The first kappa shape index (κ1) is 16.1. The van der Waals surface area contributed by atoms with Gasteiger partial charge in [0.2, 0.25) is 0 Å². The molecule has 0 spiro atoms. The van der Waals surface area contributed by atoms with Crippen molar-refractivity contribution >= 4 is 15.9 Å². The van der Waals surface area contributed by atoms with Crippen LogP contribution in [0.2, 0.25) is 0 Å². The van der Waals surface area contributed by atoms with E-state index in [0.29, 0.717) is 12.5 Å². The van der Waals surface area contributed by atoms with Crippen LogP contribution in [0.25, 0.3) is 0 Å². The quantitative estimate of drug-likeness (QED) is 0.575. The molecule has 0 aliphatic heterocycles. The number of rotatable bonds is 6. The zero-order valence-corrected chi connectivity index (χ0v) is 14.6. The van der Waals surface area contributed by atoms with Gasteiger partial charge in [-0.2, -0.15) is 0 Å². The van der Waals surface area contributed by atoms with E-state index in [2.05, 4.69) is 66.2 Å². The number of hydrogen-bond acceptors (Lipinski definition) is 1. The average molecular weight is 347 g/mol. The standard InChI is InChI=1S/C19H23BrO/c1-4-14(3)15-6-8-16(9-7-15)19(20)17-10-12-18(13-11-17)21-5-2/h6-14,19H,4-5H2,1-3H3. The van der Waals surface area contributed by atoms with Crippen LogP contribution in [0.3, 0.4) is 0 Å². The first-order chi connectivity index (χ1) is 10.2. The molecular formula is C19H23BrO. The zero-order valence-electron chi connectivity index (χ0n) is 13.0. The Hall–Kier alpha value is -1.28. The van der Waals surface area contributed by atoms with E-state index in [1.54, 1.807) is 0 Å². The molecule has 2 rings (SSSR count). The Bertz CT molecular complexity index is 545. The van der Waals surface area contributed by atoms with E-state index < -0.39 is 0 Å². The predicted octanol–water partition coefficient (Wildman–Crippen LogP) is 6.08. The van der Waals surface area contributed by atoms with Crippen molar-refractivity contribution < 1.29 is 4.74 Å². The first-order valence-electron chi connectivity index (χ1n) is 7.62. The van der Waals surface area contributed by atoms with Crippen LogP contribution < -0.4 is 4.74 Å². The molecule has 112 valence electrons. The van der Waals surface area contributed by atoms with Crippen molar-refractivity contribution in [3.05, 3.63) is 65.2 Å². The highest BCUT2D eigenvalue weighted by atomic mass is 79.9. The summed E-state index contributed by atoms with van der Waals surface area (Å²) < 4.78 is 5.49. The summed E-state index contributed by atoms with van der Waals surface area (Å²) in [6, 6.07) is 17.2. The van der Waals surface area contributed by atoms with E-state index in [1.807, 2.05) is 19.1 Å². The number of ether oxygens (including phenoxy) is 1. The molecule has 0 aliphatic rings. The molecule has 0 amide bonds. The summed E-state index contributed by atoms with van der Waals surface area (Å²) in [6.45, 7) is 7.20. The maximum Gasteiger partial charge on any atom is 0.119 e. The molecule has 0 heterocycles. The molecule has 0 bridgehead atoms. The van der Waals surface area contributed by atoms with E-state index in [9.17, 15) is 0 Å². The van der Waals surface area contributed by atoms with E-state index in [-0.39, 0.29) is 4.83 Å². The van der Waals surface area contributed by atoms with Gasteiger partial charge in [-0.1, -0.05) is 66.2 Å². The van der Waals surface area contributed by atoms with Crippen molar-refractivity contribution in [3.8, 4) is 5.75 Å². The lowest BCUT2D eigenvalue weighted by Crippen LogP contribution is -1.96. The fourth-order valence-corrected chi connectivity index (χ4v) is 2.93. The summed E-state index contributed by atoms with van der Waals surface area (Å²) in [5.74, 6) is 1.55. The lowest BCUT2D eigenvalue weighted by molar-refractivity contribution is 0.340. The van der Waals surface area contributed by atoms with Crippen molar-refractivity contribution in [2.75, 3.05) is 6.61 Å². The molecule has 2 unspecified atom stereocenters. The molecule has 0 N–H and O–H groups in total. The van der Waals surface area contributed by atoms with Gasteiger partial charge in [0.05, 0.1) is 11.4 Å². The van der Waals surface area contributed by atoms with E-state index in [1.165, 1.54) is 23.1 Å². The minimum atomic E-state index is 0.221. The second-order valence-electron chi connectivity index (χ2n) is 5.34. The van der Waals surface area contributed by atoms with Crippen molar-refractivity contribution in [1.29, 1.82) is 0 Å². The summed E-state index contributed by atoms with van der Waals surface area (Å²) in [5, 5.41) is 0. The molecule has 0 saturated carbocycles. The maximum atomic E-state index is 5.49. The third-order valence-corrected chi connectivity index (χ3v) is 4.95. The van der Waals surface area contributed by atoms with Crippen LogP contribution in [0, 0.1) is 0 Å². The topological polar surface area (TPSA) is 9.23 Å². The van der Waals surface area contributed by atoms with Crippen LogP contribution in [0.4, 0.5) is 0 Å².